The Morgan fingerprint density at radius 3 is 2.59 bits per heavy atom. The summed E-state index contributed by atoms with van der Waals surface area (Å²) in [5.74, 6) is -0.386. The number of benzene rings is 2. The Morgan fingerprint density at radius 1 is 1.17 bits per heavy atom. The maximum absolute atomic E-state index is 12.6. The number of hydrogen-bond acceptors (Lipinski definition) is 4. The summed E-state index contributed by atoms with van der Waals surface area (Å²) in [6, 6.07) is 13.6. The van der Waals surface area contributed by atoms with Crippen molar-refractivity contribution in [2.24, 2.45) is 0 Å². The number of nitrogens with zero attached hydrogens (tertiary/aromatic N) is 1. The molecule has 1 aliphatic rings. The minimum absolute atomic E-state index is 0.0654. The van der Waals surface area contributed by atoms with E-state index < -0.39 is 10.0 Å². The van der Waals surface area contributed by atoms with Crippen molar-refractivity contribution in [1.82, 2.24) is 4.72 Å². The van der Waals surface area contributed by atoms with Gasteiger partial charge in [0.2, 0.25) is 15.9 Å². The van der Waals surface area contributed by atoms with Crippen LogP contribution >= 0.6 is 0 Å². The molecule has 1 aliphatic heterocycles. The molecule has 2 aromatic carbocycles. The van der Waals surface area contributed by atoms with Crippen molar-refractivity contribution in [2.75, 3.05) is 23.3 Å². The number of nitrogens with one attached hydrogen (secondary N) is 2. The largest absolute Gasteiger partial charge is 0.322 e. The molecule has 2 amide bonds. The maximum Gasteiger partial charge on any atom is 0.255 e. The van der Waals surface area contributed by atoms with Crippen LogP contribution in [-0.4, -0.2) is 33.3 Å². The Morgan fingerprint density at radius 2 is 1.93 bits per heavy atom. The predicted molar refractivity (Wildman–Crippen MR) is 113 cm³/mol. The Kier molecular flexibility index (Phi) is 6.46. The molecular weight excluding hydrogens is 390 g/mol. The second-order valence-electron chi connectivity index (χ2n) is 6.75. The van der Waals surface area contributed by atoms with Crippen LogP contribution in [0.2, 0.25) is 0 Å². The highest BCUT2D eigenvalue weighted by Crippen LogP contribution is 2.23. The van der Waals surface area contributed by atoms with Gasteiger partial charge in [-0.05, 0) is 42.3 Å². The van der Waals surface area contributed by atoms with Crippen LogP contribution in [-0.2, 0) is 20.6 Å². The van der Waals surface area contributed by atoms with E-state index in [9.17, 15) is 18.0 Å². The van der Waals surface area contributed by atoms with E-state index in [1.165, 1.54) is 6.08 Å². The lowest BCUT2D eigenvalue weighted by molar-refractivity contribution is -0.117. The molecule has 1 heterocycles. The number of carbonyl (C=O) groups excluding carboxylic acids is 2. The highest BCUT2D eigenvalue weighted by atomic mass is 32.2. The van der Waals surface area contributed by atoms with Gasteiger partial charge in [0.15, 0.2) is 0 Å². The van der Waals surface area contributed by atoms with Crippen molar-refractivity contribution in [1.29, 1.82) is 0 Å². The van der Waals surface area contributed by atoms with Gasteiger partial charge in [0.1, 0.15) is 0 Å². The minimum Gasteiger partial charge on any atom is -0.322 e. The zero-order chi connectivity index (χ0) is 20.9. The van der Waals surface area contributed by atoms with Gasteiger partial charge in [-0.2, -0.15) is 0 Å². The molecule has 8 heteroatoms. The number of rotatable bonds is 8. The van der Waals surface area contributed by atoms with Crippen LogP contribution in [0.3, 0.4) is 0 Å². The number of anilines is 2. The SMILES string of the molecule is C=CCNS(=O)(=O)Cc1ccc(NC(=O)c2cccc(N3CCCC3=O)c2)cc1. The van der Waals surface area contributed by atoms with Crippen LogP contribution in [0.5, 0.6) is 0 Å². The van der Waals surface area contributed by atoms with Crippen LogP contribution in [0.1, 0.15) is 28.8 Å². The molecule has 2 aromatic rings. The van der Waals surface area contributed by atoms with E-state index in [2.05, 4.69) is 16.6 Å². The lowest BCUT2D eigenvalue weighted by atomic mass is 10.1. The lowest BCUT2D eigenvalue weighted by Crippen LogP contribution is -2.25. The van der Waals surface area contributed by atoms with E-state index >= 15 is 0 Å². The van der Waals surface area contributed by atoms with Gasteiger partial charge in [0.05, 0.1) is 5.75 Å². The normalized spacial score (nSPS) is 14.1. The van der Waals surface area contributed by atoms with Crippen molar-refractivity contribution in [3.63, 3.8) is 0 Å². The van der Waals surface area contributed by atoms with Gasteiger partial charge < -0.3 is 10.2 Å². The molecular formula is C21H23N3O4S. The van der Waals surface area contributed by atoms with Gasteiger partial charge in [-0.1, -0.05) is 24.3 Å². The Balaban J connectivity index is 1.65. The maximum atomic E-state index is 12.6. The van der Waals surface area contributed by atoms with Crippen LogP contribution in [0.25, 0.3) is 0 Å². The summed E-state index contributed by atoms with van der Waals surface area (Å²) in [7, 11) is -3.43. The van der Waals surface area contributed by atoms with Gasteiger partial charge in [-0.25, -0.2) is 13.1 Å². The molecule has 0 unspecified atom stereocenters. The zero-order valence-electron chi connectivity index (χ0n) is 15.9. The minimum atomic E-state index is -3.43. The van der Waals surface area contributed by atoms with Crippen LogP contribution < -0.4 is 14.9 Å². The second kappa shape index (κ2) is 9.02. The molecule has 29 heavy (non-hydrogen) atoms. The third-order valence-corrected chi connectivity index (χ3v) is 5.83. The molecule has 0 atom stereocenters. The van der Waals surface area contributed by atoms with Crippen molar-refractivity contribution >= 4 is 33.2 Å². The van der Waals surface area contributed by atoms with Crippen LogP contribution in [0.15, 0.2) is 61.2 Å². The highest BCUT2D eigenvalue weighted by Gasteiger charge is 2.22. The topological polar surface area (TPSA) is 95.6 Å². The molecule has 0 saturated carbocycles. The number of carbonyl (C=O) groups is 2. The average molecular weight is 413 g/mol. The van der Waals surface area contributed by atoms with Gasteiger partial charge >= 0.3 is 0 Å². The number of hydrogen-bond donors (Lipinski definition) is 2. The quantitative estimate of drug-likeness (QED) is 0.651. The van der Waals surface area contributed by atoms with Crippen LogP contribution in [0, 0.1) is 0 Å². The molecule has 1 saturated heterocycles. The fraction of sp³-hybridized carbons (Fsp3) is 0.238. The molecule has 7 nitrogen and oxygen atoms in total. The first-order chi connectivity index (χ1) is 13.9. The third kappa shape index (κ3) is 5.52. The van der Waals surface area contributed by atoms with Gasteiger partial charge in [0.25, 0.3) is 5.91 Å². The molecule has 1 fully saturated rings. The third-order valence-electron chi connectivity index (χ3n) is 4.51. The summed E-state index contributed by atoms with van der Waals surface area (Å²) >= 11 is 0. The van der Waals surface area contributed by atoms with Crippen molar-refractivity contribution in [2.45, 2.75) is 18.6 Å². The predicted octanol–water partition coefficient (Wildman–Crippen LogP) is 2.67. The zero-order valence-corrected chi connectivity index (χ0v) is 16.7. The monoisotopic (exact) mass is 413 g/mol. The highest BCUT2D eigenvalue weighted by molar-refractivity contribution is 7.88. The van der Waals surface area contributed by atoms with E-state index in [1.54, 1.807) is 47.4 Å². The van der Waals surface area contributed by atoms with E-state index in [0.717, 1.165) is 6.42 Å². The first kappa shape index (κ1) is 20.8. The molecule has 0 aromatic heterocycles. The Bertz CT molecular complexity index is 1020. The number of amides is 2. The van der Waals surface area contributed by atoms with Crippen LogP contribution in [0.4, 0.5) is 11.4 Å². The summed E-state index contributed by atoms with van der Waals surface area (Å²) in [5, 5.41) is 2.79. The standard InChI is InChI=1S/C21H23N3O4S/c1-2-12-22-29(27,28)15-16-8-10-18(11-9-16)23-21(26)17-5-3-6-19(14-17)24-13-4-7-20(24)25/h2-3,5-6,8-11,14,22H,1,4,7,12-13,15H2,(H,23,26). The van der Waals surface area contributed by atoms with Gasteiger partial charge in [0, 0.05) is 36.4 Å². The summed E-state index contributed by atoms with van der Waals surface area (Å²) < 4.78 is 26.2. The number of sulfonamides is 1. The molecule has 0 bridgehead atoms. The Labute approximate surface area is 170 Å². The van der Waals surface area contributed by atoms with Crippen molar-refractivity contribution < 1.29 is 18.0 Å². The van der Waals surface area contributed by atoms with E-state index in [1.807, 2.05) is 6.07 Å². The first-order valence-corrected chi connectivity index (χ1v) is 10.9. The summed E-state index contributed by atoms with van der Waals surface area (Å²) in [6.07, 6.45) is 2.83. The fourth-order valence-corrected chi connectivity index (χ4v) is 4.19. The average Bonchev–Trinajstić information content (AvgIpc) is 3.14. The van der Waals surface area contributed by atoms with Gasteiger partial charge in [-0.3, -0.25) is 9.59 Å². The smallest absolute Gasteiger partial charge is 0.255 e. The van der Waals surface area contributed by atoms with E-state index in [-0.39, 0.29) is 24.1 Å². The fourth-order valence-electron chi connectivity index (χ4n) is 3.08. The first-order valence-electron chi connectivity index (χ1n) is 9.27. The Hall–Kier alpha value is -2.97. The van der Waals surface area contributed by atoms with Crippen molar-refractivity contribution in [3.05, 3.63) is 72.3 Å². The van der Waals surface area contributed by atoms with Gasteiger partial charge in [-0.15, -0.1) is 6.58 Å². The van der Waals surface area contributed by atoms with E-state index in [0.29, 0.717) is 35.5 Å². The molecule has 0 aliphatic carbocycles. The molecule has 3 rings (SSSR count). The molecule has 2 N–H and O–H groups in total. The molecule has 0 radical (unpaired) electrons. The van der Waals surface area contributed by atoms with Crippen molar-refractivity contribution in [3.8, 4) is 0 Å². The lowest BCUT2D eigenvalue weighted by Gasteiger charge is -2.16. The summed E-state index contributed by atoms with van der Waals surface area (Å²) in [5.41, 5.74) is 2.32. The molecule has 152 valence electrons. The second-order valence-corrected chi connectivity index (χ2v) is 8.55. The molecule has 0 spiro atoms. The van der Waals surface area contributed by atoms with E-state index in [4.69, 9.17) is 0 Å². The summed E-state index contributed by atoms with van der Waals surface area (Å²) in [4.78, 5) is 26.2. The summed E-state index contributed by atoms with van der Waals surface area (Å²) in [6.45, 7) is 4.32.